The lowest BCUT2D eigenvalue weighted by molar-refractivity contribution is 0.0697. The summed E-state index contributed by atoms with van der Waals surface area (Å²) >= 11 is 5.82. The monoisotopic (exact) mass is 268 g/mol. The predicted octanol–water partition coefficient (Wildman–Crippen LogP) is 3.06. The fraction of sp³-hybridized carbons (Fsp3) is 0.538. The van der Waals surface area contributed by atoms with Gasteiger partial charge in [-0.2, -0.15) is 0 Å². The van der Waals surface area contributed by atoms with Gasteiger partial charge in [-0.05, 0) is 24.3 Å². The number of hydrogen-bond acceptors (Lipinski definition) is 3. The highest BCUT2D eigenvalue weighted by molar-refractivity contribution is 6.33. The molecule has 1 aromatic rings. The van der Waals surface area contributed by atoms with E-state index in [1.54, 1.807) is 6.07 Å². The van der Waals surface area contributed by atoms with Crippen molar-refractivity contribution in [2.24, 2.45) is 5.41 Å². The van der Waals surface area contributed by atoms with E-state index in [1.807, 2.05) is 0 Å². The largest absolute Gasteiger partial charge is 0.478 e. The lowest BCUT2D eigenvalue weighted by Crippen LogP contribution is -2.40. The number of anilines is 1. The third-order valence-electron chi connectivity index (χ3n) is 3.30. The van der Waals surface area contributed by atoms with Gasteiger partial charge in [0.15, 0.2) is 0 Å². The van der Waals surface area contributed by atoms with Gasteiger partial charge in [-0.25, -0.2) is 9.78 Å². The molecule has 0 amide bonds. The molecular formula is C13H17ClN2O2. The second-order valence-electron chi connectivity index (χ2n) is 5.52. The van der Waals surface area contributed by atoms with Gasteiger partial charge in [0.2, 0.25) is 0 Å². The van der Waals surface area contributed by atoms with Crippen LogP contribution >= 0.6 is 11.6 Å². The van der Waals surface area contributed by atoms with Crippen LogP contribution in [0.2, 0.25) is 5.02 Å². The summed E-state index contributed by atoms with van der Waals surface area (Å²) in [6.07, 6.45) is 3.70. The van der Waals surface area contributed by atoms with E-state index in [-0.39, 0.29) is 16.0 Å². The molecule has 0 radical (unpaired) electrons. The van der Waals surface area contributed by atoms with Crippen LogP contribution in [0.1, 0.15) is 37.0 Å². The van der Waals surface area contributed by atoms with E-state index < -0.39 is 5.97 Å². The second kappa shape index (κ2) is 4.76. The topological polar surface area (TPSA) is 53.4 Å². The van der Waals surface area contributed by atoms with Crippen molar-refractivity contribution in [1.82, 2.24) is 4.98 Å². The first-order chi connectivity index (χ1) is 8.39. The maximum atomic E-state index is 11.1. The van der Waals surface area contributed by atoms with Gasteiger partial charge >= 0.3 is 5.97 Å². The van der Waals surface area contributed by atoms with Crippen LogP contribution in [0.3, 0.4) is 0 Å². The molecule has 0 atom stereocenters. The van der Waals surface area contributed by atoms with Crippen molar-refractivity contribution in [3.05, 3.63) is 22.8 Å². The summed E-state index contributed by atoms with van der Waals surface area (Å²) in [5.74, 6) is -0.315. The molecule has 1 N–H and O–H groups in total. The van der Waals surface area contributed by atoms with E-state index in [0.29, 0.717) is 5.82 Å². The fourth-order valence-corrected chi connectivity index (χ4v) is 2.57. The van der Waals surface area contributed by atoms with Gasteiger partial charge in [-0.1, -0.05) is 25.4 Å². The molecule has 0 aromatic carbocycles. The zero-order chi connectivity index (χ0) is 13.3. The predicted molar refractivity (Wildman–Crippen MR) is 71.4 cm³/mol. The fourth-order valence-electron chi connectivity index (χ4n) is 2.38. The van der Waals surface area contributed by atoms with Gasteiger partial charge in [0, 0.05) is 19.3 Å². The van der Waals surface area contributed by atoms with Gasteiger partial charge in [0.25, 0.3) is 0 Å². The Morgan fingerprint density at radius 3 is 2.89 bits per heavy atom. The van der Waals surface area contributed by atoms with Crippen molar-refractivity contribution < 1.29 is 9.90 Å². The average molecular weight is 269 g/mol. The Bertz CT molecular complexity index is 474. The summed E-state index contributed by atoms with van der Waals surface area (Å²) in [4.78, 5) is 17.4. The van der Waals surface area contributed by atoms with Crippen LogP contribution in [0.15, 0.2) is 12.3 Å². The lowest BCUT2D eigenvalue weighted by Gasteiger charge is -2.38. The van der Waals surface area contributed by atoms with E-state index in [2.05, 4.69) is 23.7 Å². The molecule has 2 rings (SSSR count). The molecule has 0 spiro atoms. The zero-order valence-corrected chi connectivity index (χ0v) is 11.4. The van der Waals surface area contributed by atoms with Gasteiger partial charge in [0.05, 0.1) is 10.6 Å². The van der Waals surface area contributed by atoms with Crippen molar-refractivity contribution in [2.45, 2.75) is 26.7 Å². The molecule has 1 aromatic heterocycles. The highest BCUT2D eigenvalue weighted by Gasteiger charge is 2.27. The van der Waals surface area contributed by atoms with Crippen molar-refractivity contribution in [1.29, 1.82) is 0 Å². The Kier molecular flexibility index (Phi) is 3.48. The first-order valence-corrected chi connectivity index (χ1v) is 6.41. The Hall–Kier alpha value is -1.29. The highest BCUT2D eigenvalue weighted by atomic mass is 35.5. The van der Waals surface area contributed by atoms with Crippen molar-refractivity contribution in [2.75, 3.05) is 18.0 Å². The molecule has 1 aliphatic rings. The molecule has 1 fully saturated rings. The molecule has 5 heteroatoms. The number of piperidine rings is 1. The van der Waals surface area contributed by atoms with E-state index >= 15 is 0 Å². The molecule has 4 nitrogen and oxygen atoms in total. The number of carboxylic acid groups (broad SMARTS) is 1. The van der Waals surface area contributed by atoms with Crippen LogP contribution in [0.5, 0.6) is 0 Å². The number of nitrogens with zero attached hydrogens (tertiary/aromatic N) is 2. The molecule has 0 aliphatic carbocycles. The Morgan fingerprint density at radius 2 is 2.28 bits per heavy atom. The number of aromatic carboxylic acids is 1. The summed E-state index contributed by atoms with van der Waals surface area (Å²) in [5.41, 5.74) is 0.355. The number of carboxylic acids is 1. The molecule has 98 valence electrons. The van der Waals surface area contributed by atoms with E-state index in [9.17, 15) is 4.79 Å². The summed E-state index contributed by atoms with van der Waals surface area (Å²) in [5, 5.41) is 9.24. The van der Waals surface area contributed by atoms with Crippen LogP contribution in [-0.2, 0) is 0 Å². The van der Waals surface area contributed by atoms with Crippen LogP contribution in [0.25, 0.3) is 0 Å². The molecule has 1 saturated heterocycles. The van der Waals surface area contributed by atoms with Crippen LogP contribution < -0.4 is 4.90 Å². The van der Waals surface area contributed by atoms with E-state index in [4.69, 9.17) is 16.7 Å². The minimum atomic E-state index is -1.01. The normalized spacial score (nSPS) is 18.7. The van der Waals surface area contributed by atoms with E-state index in [1.165, 1.54) is 12.6 Å². The number of pyridine rings is 1. The quantitative estimate of drug-likeness (QED) is 0.896. The summed E-state index contributed by atoms with van der Waals surface area (Å²) in [6.45, 7) is 6.23. The SMILES string of the molecule is CC1(C)CCCN(c2cc(C(=O)O)c(Cl)cn2)C1. The Labute approximate surface area is 112 Å². The summed E-state index contributed by atoms with van der Waals surface area (Å²) < 4.78 is 0. The number of rotatable bonds is 2. The first-order valence-electron chi connectivity index (χ1n) is 6.03. The maximum absolute atomic E-state index is 11.1. The third kappa shape index (κ3) is 2.75. The number of halogens is 1. The number of hydrogen-bond donors (Lipinski definition) is 1. The smallest absolute Gasteiger partial charge is 0.337 e. The first kappa shape index (κ1) is 13.1. The minimum absolute atomic E-state index is 0.116. The van der Waals surface area contributed by atoms with Crippen molar-refractivity contribution in [3.8, 4) is 0 Å². The van der Waals surface area contributed by atoms with Gasteiger partial charge in [-0.3, -0.25) is 0 Å². The highest BCUT2D eigenvalue weighted by Crippen LogP contribution is 2.31. The molecule has 2 heterocycles. The van der Waals surface area contributed by atoms with Gasteiger partial charge in [0.1, 0.15) is 5.82 Å². The van der Waals surface area contributed by atoms with Crippen LogP contribution in [0.4, 0.5) is 5.82 Å². The minimum Gasteiger partial charge on any atom is -0.478 e. The van der Waals surface area contributed by atoms with Gasteiger partial charge < -0.3 is 10.0 Å². The number of aromatic nitrogens is 1. The summed E-state index contributed by atoms with van der Waals surface area (Å²) in [7, 11) is 0. The number of carbonyl (C=O) groups is 1. The van der Waals surface area contributed by atoms with Crippen molar-refractivity contribution >= 4 is 23.4 Å². The molecule has 0 bridgehead atoms. The second-order valence-corrected chi connectivity index (χ2v) is 5.92. The van der Waals surface area contributed by atoms with Gasteiger partial charge in [-0.15, -0.1) is 0 Å². The van der Waals surface area contributed by atoms with Crippen LogP contribution in [0, 0.1) is 5.41 Å². The third-order valence-corrected chi connectivity index (χ3v) is 3.60. The van der Waals surface area contributed by atoms with E-state index in [0.717, 1.165) is 19.5 Å². The summed E-state index contributed by atoms with van der Waals surface area (Å²) in [6, 6.07) is 1.56. The average Bonchev–Trinajstić information content (AvgIpc) is 2.27. The Balaban J connectivity index is 2.28. The molecule has 0 saturated carbocycles. The molecule has 1 aliphatic heterocycles. The van der Waals surface area contributed by atoms with Crippen molar-refractivity contribution in [3.63, 3.8) is 0 Å². The lowest BCUT2D eigenvalue weighted by atomic mass is 9.84. The van der Waals surface area contributed by atoms with Crippen LogP contribution in [-0.4, -0.2) is 29.1 Å². The molecule has 18 heavy (non-hydrogen) atoms. The standard InChI is InChI=1S/C13H17ClN2O2/c1-13(2)4-3-5-16(8-13)11-6-9(12(17)18)10(14)7-15-11/h6-7H,3-5,8H2,1-2H3,(H,17,18). The molecular weight excluding hydrogens is 252 g/mol. The zero-order valence-electron chi connectivity index (χ0n) is 10.6. The maximum Gasteiger partial charge on any atom is 0.337 e. The Morgan fingerprint density at radius 1 is 1.56 bits per heavy atom. The molecule has 0 unspecified atom stereocenters.